The van der Waals surface area contributed by atoms with Gasteiger partial charge in [-0.3, -0.25) is 4.79 Å². The second-order valence-electron chi connectivity index (χ2n) is 5.96. The van der Waals surface area contributed by atoms with Gasteiger partial charge in [-0.05, 0) is 71.5 Å². The number of carbonyl (C=O) groups excluding carboxylic acids is 1. The molecule has 26 heavy (non-hydrogen) atoms. The lowest BCUT2D eigenvalue weighted by Crippen LogP contribution is -2.40. The van der Waals surface area contributed by atoms with Gasteiger partial charge >= 0.3 is 0 Å². The van der Waals surface area contributed by atoms with Crippen LogP contribution in [0.15, 0.2) is 47.4 Å². The predicted molar refractivity (Wildman–Crippen MR) is 108 cm³/mol. The van der Waals surface area contributed by atoms with Crippen LogP contribution in [0.1, 0.15) is 15.9 Å². The summed E-state index contributed by atoms with van der Waals surface area (Å²) in [6.07, 6.45) is 0. The van der Waals surface area contributed by atoms with Crippen molar-refractivity contribution in [1.82, 2.24) is 4.31 Å². The highest BCUT2D eigenvalue weighted by molar-refractivity contribution is 14.1. The van der Waals surface area contributed by atoms with Crippen LogP contribution in [0, 0.1) is 10.5 Å². The smallest absolute Gasteiger partial charge is 0.255 e. The Balaban J connectivity index is 1.80. The van der Waals surface area contributed by atoms with Crippen molar-refractivity contribution < 1.29 is 17.9 Å². The molecule has 1 aliphatic heterocycles. The van der Waals surface area contributed by atoms with E-state index in [0.717, 1.165) is 3.57 Å². The number of anilines is 1. The van der Waals surface area contributed by atoms with Crippen molar-refractivity contribution in [1.29, 1.82) is 0 Å². The third-order valence-electron chi connectivity index (χ3n) is 4.14. The molecule has 3 rings (SSSR count). The molecule has 1 fully saturated rings. The number of aryl methyl sites for hydroxylation is 1. The molecule has 0 bridgehead atoms. The SMILES string of the molecule is Cc1cc(S(=O)(=O)N2CCOCC2)ccc1NC(=O)c1cccc(I)c1. The lowest BCUT2D eigenvalue weighted by Gasteiger charge is -2.26. The standard InChI is InChI=1S/C18H19IN2O4S/c1-13-11-16(26(23,24)21-7-9-25-10-8-21)5-6-17(13)20-18(22)14-3-2-4-15(19)12-14/h2-6,11-12H,7-10H2,1H3,(H,20,22). The fourth-order valence-corrected chi connectivity index (χ4v) is 4.73. The minimum atomic E-state index is -3.55. The molecule has 8 heteroatoms. The van der Waals surface area contributed by atoms with Crippen molar-refractivity contribution in [3.05, 3.63) is 57.2 Å². The molecule has 0 aliphatic carbocycles. The van der Waals surface area contributed by atoms with Crippen LogP contribution >= 0.6 is 22.6 Å². The number of hydrogen-bond donors (Lipinski definition) is 1. The summed E-state index contributed by atoms with van der Waals surface area (Å²) in [5, 5.41) is 2.84. The molecule has 0 radical (unpaired) electrons. The maximum absolute atomic E-state index is 12.7. The molecule has 1 N–H and O–H groups in total. The maximum atomic E-state index is 12.7. The van der Waals surface area contributed by atoms with E-state index in [2.05, 4.69) is 27.9 Å². The first-order valence-corrected chi connectivity index (χ1v) is 10.7. The highest BCUT2D eigenvalue weighted by Gasteiger charge is 2.26. The Labute approximate surface area is 166 Å². The molecular formula is C18H19IN2O4S. The van der Waals surface area contributed by atoms with Crippen LogP contribution in [0.25, 0.3) is 0 Å². The number of nitrogens with zero attached hydrogens (tertiary/aromatic N) is 1. The molecule has 6 nitrogen and oxygen atoms in total. The summed E-state index contributed by atoms with van der Waals surface area (Å²) in [4.78, 5) is 12.6. The van der Waals surface area contributed by atoms with Crippen molar-refractivity contribution >= 4 is 44.2 Å². The summed E-state index contributed by atoms with van der Waals surface area (Å²) in [6, 6.07) is 12.0. The number of benzene rings is 2. The largest absolute Gasteiger partial charge is 0.379 e. The molecule has 2 aromatic rings. The highest BCUT2D eigenvalue weighted by Crippen LogP contribution is 2.23. The number of rotatable bonds is 4. The highest BCUT2D eigenvalue weighted by atomic mass is 127. The van der Waals surface area contributed by atoms with Gasteiger partial charge in [0.15, 0.2) is 0 Å². The van der Waals surface area contributed by atoms with Gasteiger partial charge in [0.2, 0.25) is 10.0 Å². The van der Waals surface area contributed by atoms with Gasteiger partial charge < -0.3 is 10.1 Å². The molecule has 2 aromatic carbocycles. The Kier molecular flexibility index (Phi) is 5.96. The molecular weight excluding hydrogens is 467 g/mol. The Morgan fingerprint density at radius 2 is 1.88 bits per heavy atom. The van der Waals surface area contributed by atoms with E-state index in [9.17, 15) is 13.2 Å². The molecule has 1 heterocycles. The van der Waals surface area contributed by atoms with Crippen LogP contribution in [-0.4, -0.2) is 44.9 Å². The van der Waals surface area contributed by atoms with E-state index in [-0.39, 0.29) is 10.8 Å². The summed E-state index contributed by atoms with van der Waals surface area (Å²) in [7, 11) is -3.55. The van der Waals surface area contributed by atoms with Crippen LogP contribution in [0.2, 0.25) is 0 Å². The third-order valence-corrected chi connectivity index (χ3v) is 6.71. The molecule has 0 atom stereocenters. The van der Waals surface area contributed by atoms with E-state index in [1.54, 1.807) is 31.2 Å². The molecule has 1 amide bonds. The first-order chi connectivity index (χ1) is 12.4. The normalized spacial score (nSPS) is 15.6. The van der Waals surface area contributed by atoms with Gasteiger partial charge in [0.1, 0.15) is 0 Å². The number of hydrogen-bond acceptors (Lipinski definition) is 4. The second kappa shape index (κ2) is 8.03. The number of amides is 1. The summed E-state index contributed by atoms with van der Waals surface area (Å²) >= 11 is 2.15. The zero-order valence-electron chi connectivity index (χ0n) is 14.2. The molecule has 0 saturated carbocycles. The Morgan fingerprint density at radius 3 is 2.54 bits per heavy atom. The van der Waals surface area contributed by atoms with Crippen molar-refractivity contribution in [2.45, 2.75) is 11.8 Å². The minimum Gasteiger partial charge on any atom is -0.379 e. The van der Waals surface area contributed by atoms with Crippen LogP contribution < -0.4 is 5.32 Å². The van der Waals surface area contributed by atoms with Crippen molar-refractivity contribution in [3.63, 3.8) is 0 Å². The zero-order valence-corrected chi connectivity index (χ0v) is 17.2. The number of morpholine rings is 1. The van der Waals surface area contributed by atoms with E-state index in [1.807, 2.05) is 12.1 Å². The Morgan fingerprint density at radius 1 is 1.15 bits per heavy atom. The van der Waals surface area contributed by atoms with Gasteiger partial charge in [-0.25, -0.2) is 8.42 Å². The fraction of sp³-hybridized carbons (Fsp3) is 0.278. The number of ether oxygens (including phenoxy) is 1. The maximum Gasteiger partial charge on any atom is 0.255 e. The number of sulfonamides is 1. The van der Waals surface area contributed by atoms with Gasteiger partial charge in [-0.1, -0.05) is 6.07 Å². The lowest BCUT2D eigenvalue weighted by molar-refractivity contribution is 0.0730. The van der Waals surface area contributed by atoms with Crippen LogP contribution in [0.3, 0.4) is 0 Å². The van der Waals surface area contributed by atoms with Crippen molar-refractivity contribution in [2.24, 2.45) is 0 Å². The topological polar surface area (TPSA) is 75.7 Å². The molecule has 138 valence electrons. The van der Waals surface area contributed by atoms with Gasteiger partial charge in [0.25, 0.3) is 5.91 Å². The molecule has 1 saturated heterocycles. The zero-order chi connectivity index (χ0) is 18.7. The molecule has 0 spiro atoms. The molecule has 0 unspecified atom stereocenters. The lowest BCUT2D eigenvalue weighted by atomic mass is 10.1. The predicted octanol–water partition coefficient (Wildman–Crippen LogP) is 2.87. The van der Waals surface area contributed by atoms with E-state index in [0.29, 0.717) is 43.1 Å². The van der Waals surface area contributed by atoms with Gasteiger partial charge in [-0.2, -0.15) is 4.31 Å². The van der Waals surface area contributed by atoms with E-state index < -0.39 is 10.0 Å². The van der Waals surface area contributed by atoms with Gasteiger partial charge in [-0.15, -0.1) is 0 Å². The summed E-state index contributed by atoms with van der Waals surface area (Å²) in [5.74, 6) is -0.226. The average Bonchev–Trinajstić information content (AvgIpc) is 2.64. The van der Waals surface area contributed by atoms with E-state index in [1.165, 1.54) is 10.4 Å². The first-order valence-electron chi connectivity index (χ1n) is 8.13. The van der Waals surface area contributed by atoms with Gasteiger partial charge in [0, 0.05) is 27.9 Å². The Hall–Kier alpha value is -1.49. The van der Waals surface area contributed by atoms with E-state index >= 15 is 0 Å². The minimum absolute atomic E-state index is 0.226. The third kappa shape index (κ3) is 4.25. The number of halogens is 1. The first kappa shape index (κ1) is 19.3. The summed E-state index contributed by atoms with van der Waals surface area (Å²) in [5.41, 5.74) is 1.84. The Bertz CT molecular complexity index is 925. The number of nitrogens with one attached hydrogen (secondary N) is 1. The van der Waals surface area contributed by atoms with E-state index in [4.69, 9.17) is 4.74 Å². The molecule has 0 aromatic heterocycles. The number of carbonyl (C=O) groups is 1. The van der Waals surface area contributed by atoms with Crippen LogP contribution in [0.5, 0.6) is 0 Å². The quantitative estimate of drug-likeness (QED) is 0.675. The fourth-order valence-electron chi connectivity index (χ4n) is 2.70. The molecule has 1 aliphatic rings. The van der Waals surface area contributed by atoms with Crippen molar-refractivity contribution in [3.8, 4) is 0 Å². The summed E-state index contributed by atoms with van der Waals surface area (Å²) < 4.78 is 33.0. The van der Waals surface area contributed by atoms with Crippen molar-refractivity contribution in [2.75, 3.05) is 31.6 Å². The second-order valence-corrected chi connectivity index (χ2v) is 9.14. The van der Waals surface area contributed by atoms with Gasteiger partial charge in [0.05, 0.1) is 18.1 Å². The average molecular weight is 486 g/mol. The van der Waals surface area contributed by atoms with Crippen LogP contribution in [0.4, 0.5) is 5.69 Å². The monoisotopic (exact) mass is 486 g/mol. The summed E-state index contributed by atoms with van der Waals surface area (Å²) in [6.45, 7) is 3.30. The van der Waals surface area contributed by atoms with Crippen LogP contribution in [-0.2, 0) is 14.8 Å².